The first-order chi connectivity index (χ1) is 9.06. The Hall–Kier alpha value is -1.55. The number of rotatable bonds is 7. The summed E-state index contributed by atoms with van der Waals surface area (Å²) in [6.45, 7) is 6.71. The number of aliphatic hydroxyl groups is 1. The maximum absolute atomic E-state index is 11.9. The summed E-state index contributed by atoms with van der Waals surface area (Å²) in [4.78, 5) is 11.9. The lowest BCUT2D eigenvalue weighted by Crippen LogP contribution is -2.36. The van der Waals surface area contributed by atoms with Crippen LogP contribution in [0.5, 0.6) is 5.75 Å². The summed E-state index contributed by atoms with van der Waals surface area (Å²) in [6.07, 6.45) is 0.706. The third kappa shape index (κ3) is 5.30. The van der Waals surface area contributed by atoms with E-state index in [9.17, 15) is 4.79 Å². The van der Waals surface area contributed by atoms with Gasteiger partial charge in [-0.1, -0.05) is 20.8 Å². The van der Waals surface area contributed by atoms with Gasteiger partial charge in [-0.05, 0) is 36.6 Å². The molecule has 0 spiro atoms. The van der Waals surface area contributed by atoms with E-state index in [4.69, 9.17) is 9.84 Å². The second-order valence-electron chi connectivity index (χ2n) is 4.99. The van der Waals surface area contributed by atoms with Crippen molar-refractivity contribution in [1.29, 1.82) is 0 Å². The smallest absolute Gasteiger partial charge is 0.251 e. The molecule has 106 valence electrons. The number of hydrogen-bond donors (Lipinski definition) is 2. The van der Waals surface area contributed by atoms with Crippen LogP contribution in [0.2, 0.25) is 0 Å². The maximum atomic E-state index is 11.9. The van der Waals surface area contributed by atoms with E-state index >= 15 is 0 Å². The van der Waals surface area contributed by atoms with Crippen molar-refractivity contribution in [2.45, 2.75) is 33.2 Å². The lowest BCUT2D eigenvalue weighted by molar-refractivity contribution is 0.0915. The molecular formula is C15H23NO3. The first-order valence-electron chi connectivity index (χ1n) is 6.71. The lowest BCUT2D eigenvalue weighted by atomic mass is 10.1. The van der Waals surface area contributed by atoms with Gasteiger partial charge in [0.15, 0.2) is 0 Å². The highest BCUT2D eigenvalue weighted by Crippen LogP contribution is 2.13. The third-order valence-electron chi connectivity index (χ3n) is 2.75. The second kappa shape index (κ2) is 7.79. The third-order valence-corrected chi connectivity index (χ3v) is 2.75. The predicted molar refractivity (Wildman–Crippen MR) is 75.4 cm³/mol. The number of benzene rings is 1. The Morgan fingerprint density at radius 1 is 1.32 bits per heavy atom. The number of carbonyl (C=O) groups excluding carboxylic acids is 1. The molecule has 0 heterocycles. The Labute approximate surface area is 114 Å². The molecule has 4 heteroatoms. The first-order valence-corrected chi connectivity index (χ1v) is 6.71. The summed E-state index contributed by atoms with van der Waals surface area (Å²) in [5.41, 5.74) is 0.573. The van der Waals surface area contributed by atoms with Gasteiger partial charge in [-0.2, -0.15) is 0 Å². The normalized spacial score (nSPS) is 12.3. The van der Waals surface area contributed by atoms with E-state index in [-0.39, 0.29) is 18.6 Å². The summed E-state index contributed by atoms with van der Waals surface area (Å²) >= 11 is 0. The SMILES string of the molecule is CCC(CO)NC(=O)c1ccc(OCC(C)C)cc1. The van der Waals surface area contributed by atoms with E-state index in [1.165, 1.54) is 0 Å². The van der Waals surface area contributed by atoms with Crippen LogP contribution in [-0.2, 0) is 0 Å². The molecule has 1 amide bonds. The quantitative estimate of drug-likeness (QED) is 0.794. The highest BCUT2D eigenvalue weighted by molar-refractivity contribution is 5.94. The molecule has 0 saturated heterocycles. The molecule has 1 aromatic carbocycles. The van der Waals surface area contributed by atoms with Gasteiger partial charge < -0.3 is 15.2 Å². The van der Waals surface area contributed by atoms with E-state index in [1.54, 1.807) is 24.3 Å². The molecule has 0 radical (unpaired) electrons. The van der Waals surface area contributed by atoms with Crippen LogP contribution < -0.4 is 10.1 Å². The number of hydrogen-bond acceptors (Lipinski definition) is 3. The van der Waals surface area contributed by atoms with Gasteiger partial charge in [0.25, 0.3) is 5.91 Å². The van der Waals surface area contributed by atoms with Crippen molar-refractivity contribution in [1.82, 2.24) is 5.32 Å². The summed E-state index contributed by atoms with van der Waals surface area (Å²) < 4.78 is 5.55. The fraction of sp³-hybridized carbons (Fsp3) is 0.533. The van der Waals surface area contributed by atoms with Crippen LogP contribution in [0.1, 0.15) is 37.6 Å². The minimum atomic E-state index is -0.190. The van der Waals surface area contributed by atoms with E-state index in [1.807, 2.05) is 6.92 Å². The van der Waals surface area contributed by atoms with E-state index in [0.29, 0.717) is 24.5 Å². The monoisotopic (exact) mass is 265 g/mol. The number of carbonyl (C=O) groups is 1. The van der Waals surface area contributed by atoms with Crippen LogP contribution in [-0.4, -0.2) is 30.3 Å². The minimum absolute atomic E-state index is 0.0438. The van der Waals surface area contributed by atoms with Crippen molar-refractivity contribution >= 4 is 5.91 Å². The van der Waals surface area contributed by atoms with Gasteiger partial charge in [-0.25, -0.2) is 0 Å². The zero-order chi connectivity index (χ0) is 14.3. The molecule has 1 unspecified atom stereocenters. The number of amides is 1. The molecule has 0 aromatic heterocycles. The van der Waals surface area contributed by atoms with Crippen molar-refractivity contribution in [3.8, 4) is 5.75 Å². The van der Waals surface area contributed by atoms with Gasteiger partial charge in [-0.15, -0.1) is 0 Å². The molecule has 4 nitrogen and oxygen atoms in total. The zero-order valence-electron chi connectivity index (χ0n) is 11.8. The van der Waals surface area contributed by atoms with Crippen LogP contribution in [0, 0.1) is 5.92 Å². The molecule has 1 atom stereocenters. The fourth-order valence-electron chi connectivity index (χ4n) is 1.51. The minimum Gasteiger partial charge on any atom is -0.493 e. The van der Waals surface area contributed by atoms with Crippen LogP contribution in [0.3, 0.4) is 0 Å². The number of ether oxygens (including phenoxy) is 1. The lowest BCUT2D eigenvalue weighted by Gasteiger charge is -2.14. The molecular weight excluding hydrogens is 242 g/mol. The van der Waals surface area contributed by atoms with Crippen molar-refractivity contribution in [2.75, 3.05) is 13.2 Å². The summed E-state index contributed by atoms with van der Waals surface area (Å²) in [6, 6.07) is 6.85. The predicted octanol–water partition coefficient (Wildman–Crippen LogP) is 2.22. The molecule has 0 bridgehead atoms. The van der Waals surface area contributed by atoms with Gasteiger partial charge in [0.1, 0.15) is 5.75 Å². The first kappa shape index (κ1) is 15.5. The van der Waals surface area contributed by atoms with Crippen LogP contribution in [0.15, 0.2) is 24.3 Å². The van der Waals surface area contributed by atoms with Crippen LogP contribution in [0.4, 0.5) is 0 Å². The number of aliphatic hydroxyl groups excluding tert-OH is 1. The molecule has 0 saturated carbocycles. The molecule has 0 aliphatic carbocycles. The average molecular weight is 265 g/mol. The van der Waals surface area contributed by atoms with Gasteiger partial charge in [0.2, 0.25) is 0 Å². The summed E-state index contributed by atoms with van der Waals surface area (Å²) in [5.74, 6) is 1.06. The average Bonchev–Trinajstić information content (AvgIpc) is 2.42. The van der Waals surface area contributed by atoms with Crippen molar-refractivity contribution in [3.05, 3.63) is 29.8 Å². The molecule has 0 fully saturated rings. The van der Waals surface area contributed by atoms with E-state index in [2.05, 4.69) is 19.2 Å². The van der Waals surface area contributed by atoms with Gasteiger partial charge in [0.05, 0.1) is 19.3 Å². The van der Waals surface area contributed by atoms with Crippen molar-refractivity contribution < 1.29 is 14.6 Å². The van der Waals surface area contributed by atoms with Crippen LogP contribution >= 0.6 is 0 Å². The maximum Gasteiger partial charge on any atom is 0.251 e. The molecule has 1 aromatic rings. The van der Waals surface area contributed by atoms with Gasteiger partial charge in [0, 0.05) is 5.56 Å². The summed E-state index contributed by atoms with van der Waals surface area (Å²) in [5, 5.41) is 11.8. The summed E-state index contributed by atoms with van der Waals surface area (Å²) in [7, 11) is 0. The Balaban J connectivity index is 2.57. The molecule has 1 rings (SSSR count). The molecule has 0 aliphatic rings. The van der Waals surface area contributed by atoms with Crippen molar-refractivity contribution in [2.24, 2.45) is 5.92 Å². The highest BCUT2D eigenvalue weighted by atomic mass is 16.5. The second-order valence-corrected chi connectivity index (χ2v) is 4.99. The van der Waals surface area contributed by atoms with Gasteiger partial charge >= 0.3 is 0 Å². The largest absolute Gasteiger partial charge is 0.493 e. The highest BCUT2D eigenvalue weighted by Gasteiger charge is 2.11. The topological polar surface area (TPSA) is 58.6 Å². The van der Waals surface area contributed by atoms with E-state index in [0.717, 1.165) is 5.75 Å². The Kier molecular flexibility index (Phi) is 6.36. The Bertz CT molecular complexity index is 383. The Morgan fingerprint density at radius 2 is 1.95 bits per heavy atom. The fourth-order valence-corrected chi connectivity index (χ4v) is 1.51. The number of nitrogens with one attached hydrogen (secondary N) is 1. The van der Waals surface area contributed by atoms with Gasteiger partial charge in [-0.3, -0.25) is 4.79 Å². The van der Waals surface area contributed by atoms with Crippen molar-refractivity contribution in [3.63, 3.8) is 0 Å². The molecule has 2 N–H and O–H groups in total. The van der Waals surface area contributed by atoms with Crippen LogP contribution in [0.25, 0.3) is 0 Å². The standard InChI is InChI=1S/C15H23NO3/c1-4-13(9-17)16-15(18)12-5-7-14(8-6-12)19-10-11(2)3/h5-8,11,13,17H,4,9-10H2,1-3H3,(H,16,18). The molecule has 19 heavy (non-hydrogen) atoms. The zero-order valence-corrected chi connectivity index (χ0v) is 11.8. The Morgan fingerprint density at radius 3 is 2.42 bits per heavy atom. The molecule has 0 aliphatic heterocycles. The van der Waals surface area contributed by atoms with E-state index < -0.39 is 0 Å².